The van der Waals surface area contributed by atoms with E-state index in [4.69, 9.17) is 9.84 Å². The molecule has 0 aromatic rings. The molecule has 26 heavy (non-hydrogen) atoms. The van der Waals surface area contributed by atoms with E-state index in [2.05, 4.69) is 6.92 Å². The Morgan fingerprint density at radius 3 is 1.46 bits per heavy atom. The van der Waals surface area contributed by atoms with Crippen molar-refractivity contribution >= 4 is 11.9 Å². The number of esters is 1. The van der Waals surface area contributed by atoms with Crippen LogP contribution in [0.2, 0.25) is 0 Å². The number of carboxylic acids is 1. The van der Waals surface area contributed by atoms with E-state index >= 15 is 0 Å². The fourth-order valence-electron chi connectivity index (χ4n) is 2.76. The van der Waals surface area contributed by atoms with Crippen molar-refractivity contribution in [2.45, 2.75) is 110 Å². The summed E-state index contributed by atoms with van der Waals surface area (Å²) in [4.78, 5) is 21.5. The zero-order chi connectivity index (χ0) is 17.9. The Labute approximate surface area is 208 Å². The molecular formula is C20H40Na2O4. The van der Waals surface area contributed by atoms with Gasteiger partial charge >= 0.3 is 71.1 Å². The number of aliphatic carboxylic acids is 1. The van der Waals surface area contributed by atoms with Crippen LogP contribution in [0.5, 0.6) is 0 Å². The molecule has 0 atom stereocenters. The molecule has 0 bridgehead atoms. The van der Waals surface area contributed by atoms with E-state index in [-0.39, 0.29) is 74.8 Å². The van der Waals surface area contributed by atoms with Crippen LogP contribution in [0.15, 0.2) is 0 Å². The van der Waals surface area contributed by atoms with Crippen molar-refractivity contribution in [3.8, 4) is 0 Å². The second-order valence-corrected chi connectivity index (χ2v) is 6.71. The molecule has 0 radical (unpaired) electrons. The van der Waals surface area contributed by atoms with E-state index in [1.165, 1.54) is 77.0 Å². The molecule has 1 N–H and O–H groups in total. The first-order chi connectivity index (χ1) is 11.7. The van der Waals surface area contributed by atoms with Crippen LogP contribution >= 0.6 is 0 Å². The number of ether oxygens (including phenoxy) is 1. The van der Waals surface area contributed by atoms with Crippen LogP contribution in [0.25, 0.3) is 0 Å². The molecule has 4 nitrogen and oxygen atoms in total. The fourth-order valence-corrected chi connectivity index (χ4v) is 2.76. The average Bonchev–Trinajstić information content (AvgIpc) is 2.56. The topological polar surface area (TPSA) is 63.6 Å². The Bertz CT molecular complexity index is 323. The van der Waals surface area contributed by atoms with E-state index in [1.54, 1.807) is 0 Å². The fraction of sp³-hybridized carbons (Fsp3) is 0.900. The van der Waals surface area contributed by atoms with Gasteiger partial charge < -0.3 is 12.7 Å². The minimum absolute atomic E-state index is 0. The first-order valence-corrected chi connectivity index (χ1v) is 10.0. The molecule has 0 aliphatic heterocycles. The molecule has 146 valence electrons. The Kier molecular flexibility index (Phi) is 31.6. The van der Waals surface area contributed by atoms with Crippen molar-refractivity contribution in [3.05, 3.63) is 0 Å². The first-order valence-electron chi connectivity index (χ1n) is 10.0. The van der Waals surface area contributed by atoms with E-state index in [0.717, 1.165) is 12.8 Å². The predicted octanol–water partition coefficient (Wildman–Crippen LogP) is 0.109. The van der Waals surface area contributed by atoms with Crippen molar-refractivity contribution < 1.29 is 81.4 Å². The monoisotopic (exact) mass is 390 g/mol. The first kappa shape index (κ1) is 31.6. The summed E-state index contributed by atoms with van der Waals surface area (Å²) in [5.74, 6) is -1.35. The maximum absolute atomic E-state index is 11.2. The number of carboxylic acid groups (broad SMARTS) is 1. The standard InChI is InChI=1S/C20H38O4.2Na.2H/c1-2-3-4-5-6-7-8-9-10-11-12-13-14-15-18-24-20(23)17-16-19(21)22;;;;/h2-18H2,1H3,(H,21,22);;;;/q;2*+1;2*-1. The minimum Gasteiger partial charge on any atom is -1.00 e. The molecule has 0 rings (SSSR count). The SMILES string of the molecule is CCCCCCCCCCCCCCCCOC(=O)CCC(=O)O.[H-].[H-].[Na+].[Na+]. The molecule has 6 heteroatoms. The predicted molar refractivity (Wildman–Crippen MR) is 100 cm³/mol. The number of rotatable bonds is 18. The Morgan fingerprint density at radius 1 is 0.692 bits per heavy atom. The Balaban J connectivity index is -0.000000441. The van der Waals surface area contributed by atoms with Crippen molar-refractivity contribution in [1.82, 2.24) is 0 Å². The van der Waals surface area contributed by atoms with Crippen LogP contribution in [0.4, 0.5) is 0 Å². The van der Waals surface area contributed by atoms with Crippen molar-refractivity contribution in [1.29, 1.82) is 0 Å². The van der Waals surface area contributed by atoms with Gasteiger partial charge in [0.15, 0.2) is 0 Å². The number of carbonyl (C=O) groups excluding carboxylic acids is 1. The van der Waals surface area contributed by atoms with Crippen LogP contribution in [0, 0.1) is 0 Å². The van der Waals surface area contributed by atoms with Gasteiger partial charge in [0.1, 0.15) is 0 Å². The van der Waals surface area contributed by atoms with Crippen LogP contribution in [0.1, 0.15) is 113 Å². The third kappa shape index (κ3) is 27.2. The quantitative estimate of drug-likeness (QED) is 0.205. The van der Waals surface area contributed by atoms with Crippen molar-refractivity contribution in [2.24, 2.45) is 0 Å². The van der Waals surface area contributed by atoms with Gasteiger partial charge in [0.2, 0.25) is 0 Å². The van der Waals surface area contributed by atoms with Crippen LogP contribution in [-0.4, -0.2) is 23.7 Å². The molecular weight excluding hydrogens is 350 g/mol. The molecule has 0 aromatic carbocycles. The van der Waals surface area contributed by atoms with E-state index in [9.17, 15) is 9.59 Å². The van der Waals surface area contributed by atoms with Gasteiger partial charge in [0.05, 0.1) is 19.4 Å². The Morgan fingerprint density at radius 2 is 1.08 bits per heavy atom. The maximum Gasteiger partial charge on any atom is 1.00 e. The van der Waals surface area contributed by atoms with Gasteiger partial charge in [-0.15, -0.1) is 0 Å². The van der Waals surface area contributed by atoms with E-state index < -0.39 is 11.9 Å². The summed E-state index contributed by atoms with van der Waals surface area (Å²) in [5.41, 5.74) is 0. The van der Waals surface area contributed by atoms with Gasteiger partial charge in [-0.1, -0.05) is 90.4 Å². The second-order valence-electron chi connectivity index (χ2n) is 6.71. The van der Waals surface area contributed by atoms with Crippen molar-refractivity contribution in [3.63, 3.8) is 0 Å². The average molecular weight is 391 g/mol. The molecule has 0 fully saturated rings. The summed E-state index contributed by atoms with van der Waals surface area (Å²) in [6.07, 6.45) is 18.0. The Hall–Kier alpha value is 0.940. The van der Waals surface area contributed by atoms with Gasteiger partial charge in [0.25, 0.3) is 0 Å². The van der Waals surface area contributed by atoms with Gasteiger partial charge in [-0.3, -0.25) is 9.59 Å². The molecule has 0 spiro atoms. The number of hydrogen-bond acceptors (Lipinski definition) is 3. The second kappa shape index (κ2) is 25.9. The third-order valence-electron chi connectivity index (χ3n) is 4.30. The molecule has 0 saturated heterocycles. The van der Waals surface area contributed by atoms with Crippen LogP contribution in [-0.2, 0) is 14.3 Å². The number of carbonyl (C=O) groups is 2. The summed E-state index contributed by atoms with van der Waals surface area (Å²) in [5, 5.41) is 8.46. The van der Waals surface area contributed by atoms with Gasteiger partial charge in [0, 0.05) is 0 Å². The van der Waals surface area contributed by atoms with E-state index in [1.807, 2.05) is 0 Å². The zero-order valence-electron chi connectivity index (χ0n) is 19.7. The number of hydrogen-bond donors (Lipinski definition) is 1. The molecule has 0 heterocycles. The van der Waals surface area contributed by atoms with Crippen molar-refractivity contribution in [2.75, 3.05) is 6.61 Å². The molecule has 0 aromatic heterocycles. The summed E-state index contributed by atoms with van der Waals surface area (Å²) < 4.78 is 5.00. The molecule has 0 unspecified atom stereocenters. The molecule has 0 aliphatic rings. The summed E-state index contributed by atoms with van der Waals surface area (Å²) >= 11 is 0. The van der Waals surface area contributed by atoms with Crippen LogP contribution < -0.4 is 59.1 Å². The molecule has 0 saturated carbocycles. The maximum atomic E-state index is 11.2. The van der Waals surface area contributed by atoms with Gasteiger partial charge in [-0.05, 0) is 6.42 Å². The smallest absolute Gasteiger partial charge is 1.00 e. The number of unbranched alkanes of at least 4 members (excludes halogenated alkanes) is 13. The third-order valence-corrected chi connectivity index (χ3v) is 4.30. The van der Waals surface area contributed by atoms with Gasteiger partial charge in [-0.25, -0.2) is 0 Å². The largest absolute Gasteiger partial charge is 1.00 e. The van der Waals surface area contributed by atoms with Crippen LogP contribution in [0.3, 0.4) is 0 Å². The summed E-state index contributed by atoms with van der Waals surface area (Å²) in [6.45, 7) is 2.69. The molecule has 0 amide bonds. The zero-order valence-corrected chi connectivity index (χ0v) is 21.7. The molecule has 0 aliphatic carbocycles. The minimum atomic E-state index is -0.955. The normalized spacial score (nSPS) is 9.88. The summed E-state index contributed by atoms with van der Waals surface area (Å²) in [6, 6.07) is 0. The summed E-state index contributed by atoms with van der Waals surface area (Å²) in [7, 11) is 0. The van der Waals surface area contributed by atoms with E-state index in [0.29, 0.717) is 6.61 Å². The van der Waals surface area contributed by atoms with Gasteiger partial charge in [-0.2, -0.15) is 0 Å².